The minimum atomic E-state index is -0.0667. The smallest absolute Gasteiger partial charge is 0.255 e. The van der Waals surface area contributed by atoms with E-state index in [-0.39, 0.29) is 12.0 Å². The summed E-state index contributed by atoms with van der Waals surface area (Å²) in [4.78, 5) is 21.3. The van der Waals surface area contributed by atoms with Crippen molar-refractivity contribution in [3.05, 3.63) is 47.1 Å². The normalized spacial score (nSPS) is 19.4. The van der Waals surface area contributed by atoms with E-state index in [1.807, 2.05) is 17.0 Å². The van der Waals surface area contributed by atoms with Gasteiger partial charge in [-0.15, -0.1) is 0 Å². The molecule has 5 rings (SSSR count). The summed E-state index contributed by atoms with van der Waals surface area (Å²) in [6.45, 7) is 3.95. The summed E-state index contributed by atoms with van der Waals surface area (Å²) >= 11 is 7.83. The van der Waals surface area contributed by atoms with E-state index in [0.717, 1.165) is 25.3 Å². The van der Waals surface area contributed by atoms with Crippen LogP contribution in [0.25, 0.3) is 10.1 Å². The van der Waals surface area contributed by atoms with Gasteiger partial charge < -0.3 is 19.3 Å². The Balaban J connectivity index is 1.23. The van der Waals surface area contributed by atoms with E-state index >= 15 is 0 Å². The Hall–Kier alpha value is -2.42. The van der Waals surface area contributed by atoms with Crippen LogP contribution in [0.2, 0.25) is 5.02 Å². The Morgan fingerprint density at radius 1 is 1.23 bits per heavy atom. The van der Waals surface area contributed by atoms with Crippen molar-refractivity contribution in [2.45, 2.75) is 12.5 Å². The molecule has 1 atom stereocenters. The fraction of sp³-hybridized carbons (Fsp3) is 0.381. The predicted molar refractivity (Wildman–Crippen MR) is 117 cm³/mol. The molecule has 0 bridgehead atoms. The van der Waals surface area contributed by atoms with Crippen molar-refractivity contribution in [2.24, 2.45) is 0 Å². The maximum atomic E-state index is 12.9. The van der Waals surface area contributed by atoms with Gasteiger partial charge in [-0.1, -0.05) is 23.7 Å². The van der Waals surface area contributed by atoms with Crippen LogP contribution in [0.5, 0.6) is 5.88 Å². The quantitative estimate of drug-likeness (QED) is 0.613. The monoisotopic (exact) mass is 444 g/mol. The number of amides is 1. The first-order valence-corrected chi connectivity index (χ1v) is 11.1. The third-order valence-corrected chi connectivity index (χ3v) is 6.53. The second kappa shape index (κ2) is 8.37. The first kappa shape index (κ1) is 19.5. The molecule has 0 aliphatic carbocycles. The third-order valence-electron chi connectivity index (χ3n) is 5.45. The molecule has 0 spiro atoms. The number of piperazine rings is 1. The SMILES string of the molecule is O=C(c1cnc(OC2CCOC2)c(Cl)c1)N1CCN(c2nsc3ccccc23)CC1. The van der Waals surface area contributed by atoms with Gasteiger partial charge in [-0.3, -0.25) is 4.79 Å². The van der Waals surface area contributed by atoms with Crippen LogP contribution in [-0.4, -0.2) is 65.7 Å². The number of halogens is 1. The average Bonchev–Trinajstić information content (AvgIpc) is 3.45. The molecule has 2 fully saturated rings. The molecule has 7 nitrogen and oxygen atoms in total. The van der Waals surface area contributed by atoms with Crippen LogP contribution in [0.1, 0.15) is 16.8 Å². The van der Waals surface area contributed by atoms with E-state index in [0.29, 0.717) is 42.8 Å². The molecule has 0 radical (unpaired) electrons. The van der Waals surface area contributed by atoms with E-state index in [2.05, 4.69) is 26.4 Å². The van der Waals surface area contributed by atoms with E-state index in [1.54, 1.807) is 12.3 Å². The minimum Gasteiger partial charge on any atom is -0.471 e. The highest BCUT2D eigenvalue weighted by Crippen LogP contribution is 2.30. The van der Waals surface area contributed by atoms with Crippen LogP contribution in [-0.2, 0) is 4.74 Å². The topological polar surface area (TPSA) is 67.8 Å². The highest BCUT2D eigenvalue weighted by molar-refractivity contribution is 7.13. The Labute approximate surface area is 183 Å². The van der Waals surface area contributed by atoms with Crippen molar-refractivity contribution >= 4 is 44.9 Å². The second-order valence-electron chi connectivity index (χ2n) is 7.40. The largest absolute Gasteiger partial charge is 0.471 e. The summed E-state index contributed by atoms with van der Waals surface area (Å²) in [5.74, 6) is 1.29. The number of benzene rings is 1. The Bertz CT molecular complexity index is 1060. The Morgan fingerprint density at radius 2 is 2.07 bits per heavy atom. The van der Waals surface area contributed by atoms with E-state index in [1.165, 1.54) is 21.6 Å². The zero-order chi connectivity index (χ0) is 20.5. The fourth-order valence-corrected chi connectivity index (χ4v) is 4.80. The van der Waals surface area contributed by atoms with Gasteiger partial charge in [0.05, 0.1) is 23.5 Å². The van der Waals surface area contributed by atoms with E-state index in [4.69, 9.17) is 21.1 Å². The number of fused-ring (bicyclic) bond motifs is 1. The summed E-state index contributed by atoms with van der Waals surface area (Å²) < 4.78 is 16.9. The van der Waals surface area contributed by atoms with Gasteiger partial charge in [0.25, 0.3) is 5.91 Å². The summed E-state index contributed by atoms with van der Waals surface area (Å²) in [6, 6.07) is 9.88. The summed E-state index contributed by atoms with van der Waals surface area (Å²) in [6.07, 6.45) is 2.32. The minimum absolute atomic E-state index is 0.0357. The standard InChI is InChI=1S/C21H21ClN4O3S/c22-17-11-14(12-23-20(17)29-15-5-10-28-13-15)21(27)26-8-6-25(7-9-26)19-16-3-1-2-4-18(16)30-24-19/h1-4,11-12,15H,5-10,13H2. The molecule has 3 aromatic rings. The number of carbonyl (C=O) groups is 1. The van der Waals surface area contributed by atoms with Gasteiger partial charge in [-0.05, 0) is 29.7 Å². The van der Waals surface area contributed by atoms with Gasteiger partial charge in [0, 0.05) is 44.2 Å². The van der Waals surface area contributed by atoms with Crippen molar-refractivity contribution in [3.63, 3.8) is 0 Å². The summed E-state index contributed by atoms with van der Waals surface area (Å²) in [5.41, 5.74) is 0.475. The number of anilines is 1. The van der Waals surface area contributed by atoms with E-state index in [9.17, 15) is 4.79 Å². The molecule has 0 N–H and O–H groups in total. The van der Waals surface area contributed by atoms with Crippen LogP contribution < -0.4 is 9.64 Å². The van der Waals surface area contributed by atoms with Crippen LogP contribution in [0.3, 0.4) is 0 Å². The molecule has 30 heavy (non-hydrogen) atoms. The van der Waals surface area contributed by atoms with Crippen molar-refractivity contribution in [3.8, 4) is 5.88 Å². The molecule has 156 valence electrons. The van der Waals surface area contributed by atoms with Crippen molar-refractivity contribution < 1.29 is 14.3 Å². The average molecular weight is 445 g/mol. The number of carbonyl (C=O) groups excluding carboxylic acids is 1. The lowest BCUT2D eigenvalue weighted by Crippen LogP contribution is -2.49. The highest BCUT2D eigenvalue weighted by Gasteiger charge is 2.26. The third kappa shape index (κ3) is 3.82. The van der Waals surface area contributed by atoms with Crippen LogP contribution in [0.4, 0.5) is 5.82 Å². The molecular weight excluding hydrogens is 424 g/mol. The zero-order valence-electron chi connectivity index (χ0n) is 16.3. The van der Waals surface area contributed by atoms with Crippen LogP contribution in [0.15, 0.2) is 36.5 Å². The molecule has 2 aliphatic heterocycles. The maximum Gasteiger partial charge on any atom is 0.255 e. The highest BCUT2D eigenvalue weighted by atomic mass is 35.5. The van der Waals surface area contributed by atoms with Crippen LogP contribution >= 0.6 is 23.1 Å². The molecule has 2 saturated heterocycles. The lowest BCUT2D eigenvalue weighted by atomic mass is 10.2. The maximum absolute atomic E-state index is 12.9. The van der Waals surface area contributed by atoms with Gasteiger partial charge in [0.2, 0.25) is 5.88 Å². The summed E-state index contributed by atoms with van der Waals surface area (Å²) in [7, 11) is 0. The van der Waals surface area contributed by atoms with Crippen molar-refractivity contribution in [1.29, 1.82) is 0 Å². The van der Waals surface area contributed by atoms with E-state index < -0.39 is 0 Å². The Kier molecular flexibility index (Phi) is 5.45. The van der Waals surface area contributed by atoms with Gasteiger partial charge in [-0.25, -0.2) is 4.98 Å². The van der Waals surface area contributed by atoms with Gasteiger partial charge in [-0.2, -0.15) is 4.37 Å². The van der Waals surface area contributed by atoms with Crippen molar-refractivity contribution in [2.75, 3.05) is 44.3 Å². The summed E-state index contributed by atoms with van der Waals surface area (Å²) in [5, 5.41) is 1.52. The molecule has 0 saturated carbocycles. The first-order chi connectivity index (χ1) is 14.7. The lowest BCUT2D eigenvalue weighted by Gasteiger charge is -2.35. The first-order valence-electron chi connectivity index (χ1n) is 9.97. The molecule has 1 amide bonds. The second-order valence-corrected chi connectivity index (χ2v) is 8.61. The van der Waals surface area contributed by atoms with Gasteiger partial charge >= 0.3 is 0 Å². The van der Waals surface area contributed by atoms with Crippen molar-refractivity contribution in [1.82, 2.24) is 14.3 Å². The number of hydrogen-bond donors (Lipinski definition) is 0. The predicted octanol–water partition coefficient (Wildman–Crippen LogP) is 3.47. The number of hydrogen-bond acceptors (Lipinski definition) is 7. The molecular formula is C21H21ClN4O3S. The molecule has 9 heteroatoms. The number of rotatable bonds is 4. The van der Waals surface area contributed by atoms with Gasteiger partial charge in [0.1, 0.15) is 16.9 Å². The van der Waals surface area contributed by atoms with Crippen LogP contribution in [0, 0.1) is 0 Å². The fourth-order valence-electron chi connectivity index (χ4n) is 3.80. The number of aromatic nitrogens is 2. The number of ether oxygens (including phenoxy) is 2. The van der Waals surface area contributed by atoms with Gasteiger partial charge in [0.15, 0.2) is 0 Å². The number of pyridine rings is 1. The number of nitrogens with zero attached hydrogens (tertiary/aromatic N) is 4. The Morgan fingerprint density at radius 3 is 2.83 bits per heavy atom. The molecule has 1 unspecified atom stereocenters. The molecule has 4 heterocycles. The lowest BCUT2D eigenvalue weighted by molar-refractivity contribution is 0.0746. The molecule has 2 aromatic heterocycles. The molecule has 1 aromatic carbocycles. The molecule has 2 aliphatic rings. The zero-order valence-corrected chi connectivity index (χ0v) is 17.9.